The lowest BCUT2D eigenvalue weighted by Crippen LogP contribution is -2.35. The first kappa shape index (κ1) is 13.6. The minimum Gasteiger partial charge on any atom is -0.457 e. The summed E-state index contributed by atoms with van der Waals surface area (Å²) in [6, 6.07) is 17.3. The van der Waals surface area contributed by atoms with E-state index in [0.29, 0.717) is 6.54 Å². The molecule has 0 amide bonds. The van der Waals surface area contributed by atoms with Crippen molar-refractivity contribution < 1.29 is 9.84 Å². The Labute approximate surface area is 113 Å². The van der Waals surface area contributed by atoms with E-state index in [1.165, 1.54) is 0 Å². The summed E-state index contributed by atoms with van der Waals surface area (Å²) in [6.07, 6.45) is 0. The van der Waals surface area contributed by atoms with Gasteiger partial charge in [0.2, 0.25) is 0 Å². The van der Waals surface area contributed by atoms with Crippen molar-refractivity contribution >= 4 is 0 Å². The highest BCUT2D eigenvalue weighted by molar-refractivity contribution is 5.35. The fraction of sp³-hybridized carbons (Fsp3) is 0.250. The molecule has 1 atom stereocenters. The van der Waals surface area contributed by atoms with E-state index in [9.17, 15) is 5.11 Å². The van der Waals surface area contributed by atoms with E-state index in [1.807, 2.05) is 61.5 Å². The van der Waals surface area contributed by atoms with Crippen LogP contribution in [0.4, 0.5) is 0 Å². The Morgan fingerprint density at radius 1 is 1.00 bits per heavy atom. The normalized spacial score (nSPS) is 13.8. The number of hydrogen-bond donors (Lipinski definition) is 2. The molecule has 3 heteroatoms. The molecule has 0 aliphatic rings. The fourth-order valence-corrected chi connectivity index (χ4v) is 1.82. The number of aliphatic hydroxyl groups is 1. The first-order valence-corrected chi connectivity index (χ1v) is 6.32. The molecule has 3 N–H and O–H groups in total. The number of ether oxygens (including phenoxy) is 1. The Morgan fingerprint density at radius 2 is 1.58 bits per heavy atom. The van der Waals surface area contributed by atoms with Crippen molar-refractivity contribution in [1.29, 1.82) is 0 Å². The van der Waals surface area contributed by atoms with E-state index >= 15 is 0 Å². The molecule has 0 saturated carbocycles. The number of benzene rings is 2. The molecule has 1 unspecified atom stereocenters. The van der Waals surface area contributed by atoms with Crippen LogP contribution in [0, 0.1) is 0 Å². The maximum atomic E-state index is 9.43. The number of aliphatic hydroxyl groups excluding tert-OH is 1. The molecule has 0 bridgehead atoms. The molecule has 0 saturated heterocycles. The molecular formula is C16H19NO2. The van der Waals surface area contributed by atoms with Gasteiger partial charge in [0.15, 0.2) is 0 Å². The van der Waals surface area contributed by atoms with Crippen LogP contribution in [0.3, 0.4) is 0 Å². The van der Waals surface area contributed by atoms with Gasteiger partial charge in [0, 0.05) is 12.0 Å². The van der Waals surface area contributed by atoms with Gasteiger partial charge >= 0.3 is 0 Å². The molecule has 0 aromatic heterocycles. The number of rotatable bonds is 5. The molecule has 0 spiro atoms. The van der Waals surface area contributed by atoms with Gasteiger partial charge < -0.3 is 15.6 Å². The van der Waals surface area contributed by atoms with E-state index < -0.39 is 5.41 Å². The molecule has 0 aliphatic heterocycles. The summed E-state index contributed by atoms with van der Waals surface area (Å²) in [6.45, 7) is 2.38. The lowest BCUT2D eigenvalue weighted by Gasteiger charge is -2.26. The summed E-state index contributed by atoms with van der Waals surface area (Å²) in [5, 5.41) is 9.43. The molecule has 0 radical (unpaired) electrons. The van der Waals surface area contributed by atoms with Gasteiger partial charge in [-0.1, -0.05) is 37.3 Å². The van der Waals surface area contributed by atoms with E-state index in [0.717, 1.165) is 17.1 Å². The SMILES string of the molecule is CC(CN)(CO)c1ccc(Oc2ccccc2)cc1. The first-order chi connectivity index (χ1) is 9.18. The Bertz CT molecular complexity index is 504. The van der Waals surface area contributed by atoms with Gasteiger partial charge in [-0.3, -0.25) is 0 Å². The molecule has 0 heterocycles. The maximum Gasteiger partial charge on any atom is 0.127 e. The molecule has 2 aromatic carbocycles. The van der Waals surface area contributed by atoms with E-state index in [-0.39, 0.29) is 6.61 Å². The Hall–Kier alpha value is -1.84. The Morgan fingerprint density at radius 3 is 2.11 bits per heavy atom. The van der Waals surface area contributed by atoms with E-state index in [2.05, 4.69) is 0 Å². The van der Waals surface area contributed by atoms with Crippen LogP contribution in [0.1, 0.15) is 12.5 Å². The summed E-state index contributed by atoms with van der Waals surface area (Å²) in [4.78, 5) is 0. The predicted molar refractivity (Wildman–Crippen MR) is 76.5 cm³/mol. The molecular weight excluding hydrogens is 238 g/mol. The highest BCUT2D eigenvalue weighted by atomic mass is 16.5. The fourth-order valence-electron chi connectivity index (χ4n) is 1.82. The van der Waals surface area contributed by atoms with E-state index in [4.69, 9.17) is 10.5 Å². The maximum absolute atomic E-state index is 9.43. The summed E-state index contributed by atoms with van der Waals surface area (Å²) in [7, 11) is 0. The largest absolute Gasteiger partial charge is 0.457 e. The summed E-state index contributed by atoms with van der Waals surface area (Å²) in [5.41, 5.74) is 6.33. The highest BCUT2D eigenvalue weighted by Gasteiger charge is 2.23. The standard InChI is InChI=1S/C16H19NO2/c1-16(11-17,12-18)13-7-9-15(10-8-13)19-14-5-3-2-4-6-14/h2-10,18H,11-12,17H2,1H3. The van der Waals surface area contributed by atoms with Gasteiger partial charge in [-0.2, -0.15) is 0 Å². The van der Waals surface area contributed by atoms with Gasteiger partial charge in [0.05, 0.1) is 6.61 Å². The number of hydrogen-bond acceptors (Lipinski definition) is 3. The molecule has 3 nitrogen and oxygen atoms in total. The molecule has 100 valence electrons. The third kappa shape index (κ3) is 3.13. The molecule has 2 aromatic rings. The van der Waals surface area contributed by atoms with Crippen LogP contribution in [-0.4, -0.2) is 18.3 Å². The zero-order valence-electron chi connectivity index (χ0n) is 11.0. The van der Waals surface area contributed by atoms with Crippen LogP contribution < -0.4 is 10.5 Å². The lowest BCUT2D eigenvalue weighted by molar-refractivity contribution is 0.210. The van der Waals surface area contributed by atoms with Crippen molar-refractivity contribution in [2.24, 2.45) is 5.73 Å². The number of nitrogens with two attached hydrogens (primary N) is 1. The zero-order chi connectivity index (χ0) is 13.7. The van der Waals surface area contributed by atoms with Crippen molar-refractivity contribution in [3.05, 3.63) is 60.2 Å². The minimum absolute atomic E-state index is 0.0301. The van der Waals surface area contributed by atoms with Crippen LogP contribution in [0.25, 0.3) is 0 Å². The highest BCUT2D eigenvalue weighted by Crippen LogP contribution is 2.26. The molecule has 2 rings (SSSR count). The van der Waals surface area contributed by atoms with Crippen LogP contribution in [0.5, 0.6) is 11.5 Å². The van der Waals surface area contributed by atoms with Gasteiger partial charge in [-0.15, -0.1) is 0 Å². The topological polar surface area (TPSA) is 55.5 Å². The monoisotopic (exact) mass is 257 g/mol. The van der Waals surface area contributed by atoms with Crippen molar-refractivity contribution in [2.75, 3.05) is 13.2 Å². The number of para-hydroxylation sites is 1. The second kappa shape index (κ2) is 5.87. The summed E-state index contributed by atoms with van der Waals surface area (Å²) < 4.78 is 5.72. The van der Waals surface area contributed by atoms with Gasteiger partial charge in [-0.25, -0.2) is 0 Å². The van der Waals surface area contributed by atoms with Crippen molar-refractivity contribution in [2.45, 2.75) is 12.3 Å². The smallest absolute Gasteiger partial charge is 0.127 e. The van der Waals surface area contributed by atoms with Gasteiger partial charge in [-0.05, 0) is 29.8 Å². The predicted octanol–water partition coefficient (Wildman–Crippen LogP) is 2.69. The second-order valence-electron chi connectivity index (χ2n) is 4.86. The van der Waals surface area contributed by atoms with Crippen molar-refractivity contribution in [1.82, 2.24) is 0 Å². The van der Waals surface area contributed by atoms with Gasteiger partial charge in [0.25, 0.3) is 0 Å². The van der Waals surface area contributed by atoms with Crippen molar-refractivity contribution in [3.63, 3.8) is 0 Å². The van der Waals surface area contributed by atoms with Crippen LogP contribution >= 0.6 is 0 Å². The van der Waals surface area contributed by atoms with Gasteiger partial charge in [0.1, 0.15) is 11.5 Å². The summed E-state index contributed by atoms with van der Waals surface area (Å²) in [5.74, 6) is 1.58. The average Bonchev–Trinajstić information content (AvgIpc) is 2.48. The lowest BCUT2D eigenvalue weighted by atomic mass is 9.83. The molecule has 19 heavy (non-hydrogen) atoms. The zero-order valence-corrected chi connectivity index (χ0v) is 11.0. The average molecular weight is 257 g/mol. The first-order valence-electron chi connectivity index (χ1n) is 6.32. The Kier molecular flexibility index (Phi) is 4.20. The third-order valence-corrected chi connectivity index (χ3v) is 3.33. The summed E-state index contributed by atoms with van der Waals surface area (Å²) >= 11 is 0. The second-order valence-corrected chi connectivity index (χ2v) is 4.86. The van der Waals surface area contributed by atoms with Crippen LogP contribution in [0.15, 0.2) is 54.6 Å². The molecule has 0 aliphatic carbocycles. The third-order valence-electron chi connectivity index (χ3n) is 3.33. The van der Waals surface area contributed by atoms with E-state index in [1.54, 1.807) is 0 Å². The van der Waals surface area contributed by atoms with Crippen molar-refractivity contribution in [3.8, 4) is 11.5 Å². The molecule has 0 fully saturated rings. The minimum atomic E-state index is -0.398. The quantitative estimate of drug-likeness (QED) is 0.866. The Balaban J connectivity index is 2.15. The van der Waals surface area contributed by atoms with Crippen LogP contribution in [-0.2, 0) is 5.41 Å². The van der Waals surface area contributed by atoms with Crippen LogP contribution in [0.2, 0.25) is 0 Å².